The number of H-pyrrole nitrogens is 1. The van der Waals surface area contributed by atoms with E-state index in [2.05, 4.69) is 16.0 Å². The lowest BCUT2D eigenvalue weighted by Crippen LogP contribution is -2.22. The van der Waals surface area contributed by atoms with Crippen LogP contribution in [0.25, 0.3) is 0 Å². The molecule has 3 rings (SSSR count). The van der Waals surface area contributed by atoms with Crippen molar-refractivity contribution in [2.24, 2.45) is 5.92 Å². The highest BCUT2D eigenvalue weighted by atomic mass is 32.2. The molecule has 2 atom stereocenters. The molecule has 0 saturated carbocycles. The molecule has 0 aliphatic carbocycles. The van der Waals surface area contributed by atoms with Crippen molar-refractivity contribution in [2.75, 3.05) is 5.75 Å². The molecule has 0 unspecified atom stereocenters. The van der Waals surface area contributed by atoms with E-state index < -0.39 is 0 Å². The Bertz CT molecular complexity index is 498. The summed E-state index contributed by atoms with van der Waals surface area (Å²) >= 11 is 1.82. The molecule has 1 aliphatic heterocycles. The standard InChI is InChI=1S/C13H14N2OS/c16-13-9(7-12-14-5-6-15-12)8-17-11-4-2-1-3-10(11)13/h1-6,9,13,16H,7-8H2,(H,14,15)/t9-,13-/m0/s1. The number of nitrogens with one attached hydrogen (secondary N) is 1. The maximum atomic E-state index is 10.4. The molecule has 0 saturated heterocycles. The zero-order valence-corrected chi connectivity index (χ0v) is 10.2. The molecular formula is C13H14N2OS. The molecule has 2 heterocycles. The van der Waals surface area contributed by atoms with E-state index in [1.807, 2.05) is 36.2 Å². The summed E-state index contributed by atoms with van der Waals surface area (Å²) in [6, 6.07) is 8.09. The first-order valence-electron chi connectivity index (χ1n) is 5.72. The third kappa shape index (κ3) is 2.10. The van der Waals surface area contributed by atoms with Crippen LogP contribution < -0.4 is 0 Å². The van der Waals surface area contributed by atoms with E-state index in [0.717, 1.165) is 23.6 Å². The van der Waals surface area contributed by atoms with E-state index in [-0.39, 0.29) is 12.0 Å². The monoisotopic (exact) mass is 246 g/mol. The van der Waals surface area contributed by atoms with Crippen molar-refractivity contribution in [2.45, 2.75) is 17.4 Å². The normalized spacial score (nSPS) is 23.4. The maximum absolute atomic E-state index is 10.4. The molecular weight excluding hydrogens is 232 g/mol. The lowest BCUT2D eigenvalue weighted by molar-refractivity contribution is 0.114. The summed E-state index contributed by atoms with van der Waals surface area (Å²) < 4.78 is 0. The Balaban J connectivity index is 1.82. The number of rotatable bonds is 2. The summed E-state index contributed by atoms with van der Waals surface area (Å²) in [4.78, 5) is 8.53. The van der Waals surface area contributed by atoms with Gasteiger partial charge in [0.25, 0.3) is 0 Å². The van der Waals surface area contributed by atoms with Crippen LogP contribution in [0.3, 0.4) is 0 Å². The van der Waals surface area contributed by atoms with Crippen LogP contribution in [0.4, 0.5) is 0 Å². The lowest BCUT2D eigenvalue weighted by Gasteiger charge is -2.28. The second-order valence-corrected chi connectivity index (χ2v) is 5.36. The average Bonchev–Trinajstić information content (AvgIpc) is 2.86. The van der Waals surface area contributed by atoms with Crippen LogP contribution in [-0.2, 0) is 6.42 Å². The summed E-state index contributed by atoms with van der Waals surface area (Å²) in [6.45, 7) is 0. The van der Waals surface area contributed by atoms with Gasteiger partial charge in [-0.15, -0.1) is 11.8 Å². The molecule has 2 N–H and O–H groups in total. The summed E-state index contributed by atoms with van der Waals surface area (Å²) in [6.07, 6.45) is 4.00. The Kier molecular flexibility index (Phi) is 2.91. The fourth-order valence-corrected chi connectivity index (χ4v) is 3.45. The highest BCUT2D eigenvalue weighted by molar-refractivity contribution is 7.99. The SMILES string of the molecule is O[C@@H]1c2ccccc2SC[C@@H]1Cc1ncc[nH]1. The predicted octanol–water partition coefficient (Wildman–Crippen LogP) is 2.41. The van der Waals surface area contributed by atoms with Gasteiger partial charge in [-0.25, -0.2) is 4.98 Å². The van der Waals surface area contributed by atoms with E-state index in [1.165, 1.54) is 4.90 Å². The number of aromatic nitrogens is 2. The van der Waals surface area contributed by atoms with Crippen molar-refractivity contribution in [3.05, 3.63) is 48.0 Å². The number of benzene rings is 1. The van der Waals surface area contributed by atoms with Gasteiger partial charge in [-0.2, -0.15) is 0 Å². The first-order chi connectivity index (χ1) is 8.34. The number of hydrogen-bond acceptors (Lipinski definition) is 3. The van der Waals surface area contributed by atoms with E-state index in [4.69, 9.17) is 0 Å². The summed E-state index contributed by atoms with van der Waals surface area (Å²) in [5, 5.41) is 10.4. The van der Waals surface area contributed by atoms with Crippen LogP contribution in [0.15, 0.2) is 41.6 Å². The van der Waals surface area contributed by atoms with Gasteiger partial charge < -0.3 is 10.1 Å². The molecule has 0 radical (unpaired) electrons. The van der Waals surface area contributed by atoms with Crippen LogP contribution in [0.2, 0.25) is 0 Å². The van der Waals surface area contributed by atoms with Crippen molar-refractivity contribution < 1.29 is 5.11 Å². The van der Waals surface area contributed by atoms with Gasteiger partial charge in [-0.3, -0.25) is 0 Å². The number of aliphatic hydroxyl groups excluding tert-OH is 1. The second kappa shape index (κ2) is 4.55. The number of imidazole rings is 1. The van der Waals surface area contributed by atoms with Gasteiger partial charge in [0.15, 0.2) is 0 Å². The Hall–Kier alpha value is -1.26. The van der Waals surface area contributed by atoms with Gasteiger partial charge in [-0.1, -0.05) is 18.2 Å². The molecule has 0 amide bonds. The quantitative estimate of drug-likeness (QED) is 0.855. The largest absolute Gasteiger partial charge is 0.388 e. The van der Waals surface area contributed by atoms with E-state index in [1.54, 1.807) is 6.20 Å². The molecule has 1 aromatic heterocycles. The average molecular weight is 246 g/mol. The van der Waals surface area contributed by atoms with Crippen molar-refractivity contribution in [3.8, 4) is 0 Å². The minimum Gasteiger partial charge on any atom is -0.388 e. The van der Waals surface area contributed by atoms with Crippen molar-refractivity contribution in [1.82, 2.24) is 9.97 Å². The predicted molar refractivity (Wildman–Crippen MR) is 67.9 cm³/mol. The Morgan fingerprint density at radius 1 is 1.41 bits per heavy atom. The smallest absolute Gasteiger partial charge is 0.106 e. The molecule has 0 spiro atoms. The van der Waals surface area contributed by atoms with Gasteiger partial charge in [-0.05, 0) is 11.6 Å². The summed E-state index contributed by atoms with van der Waals surface area (Å²) in [5.74, 6) is 2.13. The van der Waals surface area contributed by atoms with Gasteiger partial charge in [0.1, 0.15) is 5.82 Å². The topological polar surface area (TPSA) is 48.9 Å². The van der Waals surface area contributed by atoms with Crippen molar-refractivity contribution in [3.63, 3.8) is 0 Å². The fourth-order valence-electron chi connectivity index (χ4n) is 2.23. The number of fused-ring (bicyclic) bond motifs is 1. The Morgan fingerprint density at radius 2 is 2.29 bits per heavy atom. The maximum Gasteiger partial charge on any atom is 0.106 e. The third-order valence-corrected chi connectivity index (χ3v) is 4.43. The number of aliphatic hydroxyl groups is 1. The second-order valence-electron chi connectivity index (χ2n) is 4.29. The van der Waals surface area contributed by atoms with Crippen LogP contribution >= 0.6 is 11.8 Å². The van der Waals surface area contributed by atoms with Crippen LogP contribution in [0.1, 0.15) is 17.5 Å². The van der Waals surface area contributed by atoms with Crippen molar-refractivity contribution in [1.29, 1.82) is 0 Å². The molecule has 0 fully saturated rings. The number of hydrogen-bond donors (Lipinski definition) is 2. The molecule has 0 bridgehead atoms. The van der Waals surface area contributed by atoms with Crippen LogP contribution in [-0.4, -0.2) is 20.8 Å². The summed E-state index contributed by atoms with van der Waals surface area (Å²) in [5.41, 5.74) is 1.06. The van der Waals surface area contributed by atoms with E-state index in [9.17, 15) is 5.11 Å². The molecule has 1 aromatic carbocycles. The Labute approximate surface area is 104 Å². The fraction of sp³-hybridized carbons (Fsp3) is 0.308. The highest BCUT2D eigenvalue weighted by Crippen LogP contribution is 2.40. The zero-order valence-electron chi connectivity index (χ0n) is 9.34. The van der Waals surface area contributed by atoms with Gasteiger partial charge in [0, 0.05) is 35.4 Å². The van der Waals surface area contributed by atoms with Gasteiger partial charge in [0.2, 0.25) is 0 Å². The van der Waals surface area contributed by atoms with Crippen LogP contribution in [0, 0.1) is 5.92 Å². The molecule has 17 heavy (non-hydrogen) atoms. The third-order valence-electron chi connectivity index (χ3n) is 3.15. The molecule has 2 aromatic rings. The molecule has 4 heteroatoms. The molecule has 88 valence electrons. The minimum atomic E-state index is -0.377. The van der Waals surface area contributed by atoms with Crippen LogP contribution in [0.5, 0.6) is 0 Å². The first kappa shape index (κ1) is 10.9. The van der Waals surface area contributed by atoms with Gasteiger partial charge in [0.05, 0.1) is 6.10 Å². The van der Waals surface area contributed by atoms with E-state index in [0.29, 0.717) is 0 Å². The number of nitrogens with zero attached hydrogens (tertiary/aromatic N) is 1. The number of thioether (sulfide) groups is 1. The first-order valence-corrected chi connectivity index (χ1v) is 6.71. The summed E-state index contributed by atoms with van der Waals surface area (Å²) in [7, 11) is 0. The molecule has 1 aliphatic rings. The molecule has 3 nitrogen and oxygen atoms in total. The number of aromatic amines is 1. The Morgan fingerprint density at radius 3 is 3.12 bits per heavy atom. The van der Waals surface area contributed by atoms with Gasteiger partial charge >= 0.3 is 0 Å². The highest BCUT2D eigenvalue weighted by Gasteiger charge is 2.28. The lowest BCUT2D eigenvalue weighted by atomic mass is 9.93. The zero-order chi connectivity index (χ0) is 11.7. The van der Waals surface area contributed by atoms with E-state index >= 15 is 0 Å². The van der Waals surface area contributed by atoms with Crippen molar-refractivity contribution >= 4 is 11.8 Å². The minimum absolute atomic E-state index is 0.237.